The average Bonchev–Trinajstić information content (AvgIpc) is 2.21. The van der Waals surface area contributed by atoms with E-state index in [2.05, 4.69) is 12.2 Å². The smallest absolute Gasteiger partial charge is 0.236 e. The van der Waals surface area contributed by atoms with Gasteiger partial charge in [0.05, 0.1) is 6.54 Å². The van der Waals surface area contributed by atoms with E-state index in [0.29, 0.717) is 12.6 Å². The Hall–Kier alpha value is -0.570. The van der Waals surface area contributed by atoms with Crippen LogP contribution in [-0.2, 0) is 4.79 Å². The van der Waals surface area contributed by atoms with Crippen molar-refractivity contribution in [3.05, 3.63) is 0 Å². The maximum Gasteiger partial charge on any atom is 0.236 e. The third kappa shape index (κ3) is 2.98. The summed E-state index contributed by atoms with van der Waals surface area (Å²) in [6.07, 6.45) is 6.31. The molecule has 1 rings (SSSR count). The van der Waals surface area contributed by atoms with Crippen LogP contribution < -0.4 is 5.32 Å². The molecule has 0 aromatic carbocycles. The number of hydrogen-bond donors (Lipinski definition) is 1. The molecule has 1 aliphatic rings. The quantitative estimate of drug-likeness (QED) is 0.740. The fourth-order valence-corrected chi connectivity index (χ4v) is 2.28. The zero-order valence-corrected chi connectivity index (χ0v) is 9.38. The van der Waals surface area contributed by atoms with Gasteiger partial charge in [0, 0.05) is 12.6 Å². The topological polar surface area (TPSA) is 32.3 Å². The maximum absolute atomic E-state index is 11.7. The molecular weight excluding hydrogens is 176 g/mol. The molecule has 1 saturated carbocycles. The van der Waals surface area contributed by atoms with E-state index in [-0.39, 0.29) is 5.91 Å². The van der Waals surface area contributed by atoms with Crippen molar-refractivity contribution in [2.75, 3.05) is 20.1 Å². The van der Waals surface area contributed by atoms with Gasteiger partial charge < -0.3 is 10.2 Å². The number of amides is 1. The molecule has 0 radical (unpaired) electrons. The van der Waals surface area contributed by atoms with Crippen molar-refractivity contribution in [3.63, 3.8) is 0 Å². The Bertz CT molecular complexity index is 176. The number of rotatable bonds is 4. The third-order valence-corrected chi connectivity index (χ3v) is 3.00. The van der Waals surface area contributed by atoms with Gasteiger partial charge in [0.25, 0.3) is 0 Å². The summed E-state index contributed by atoms with van der Waals surface area (Å²) < 4.78 is 0. The molecule has 0 aliphatic heterocycles. The predicted molar refractivity (Wildman–Crippen MR) is 58.2 cm³/mol. The van der Waals surface area contributed by atoms with E-state index in [4.69, 9.17) is 0 Å². The van der Waals surface area contributed by atoms with E-state index in [1.165, 1.54) is 32.1 Å². The third-order valence-electron chi connectivity index (χ3n) is 3.00. The Morgan fingerprint density at radius 1 is 1.36 bits per heavy atom. The summed E-state index contributed by atoms with van der Waals surface area (Å²) in [4.78, 5) is 13.8. The lowest BCUT2D eigenvalue weighted by molar-refractivity contribution is -0.132. The molecule has 14 heavy (non-hydrogen) atoms. The Kier molecular flexibility index (Phi) is 4.94. The second kappa shape index (κ2) is 6.02. The molecule has 3 nitrogen and oxygen atoms in total. The summed E-state index contributed by atoms with van der Waals surface area (Å²) in [5, 5.41) is 2.93. The Labute approximate surface area is 86.9 Å². The SMILES string of the molecule is CCN(C(=O)CNC)C1CCCCC1. The fraction of sp³-hybridized carbons (Fsp3) is 0.909. The minimum Gasteiger partial charge on any atom is -0.339 e. The Morgan fingerprint density at radius 2 is 2.00 bits per heavy atom. The molecule has 0 aromatic heterocycles. The molecule has 3 heteroatoms. The summed E-state index contributed by atoms with van der Waals surface area (Å²) in [6.45, 7) is 3.40. The number of carbonyl (C=O) groups excluding carboxylic acids is 1. The average molecular weight is 198 g/mol. The maximum atomic E-state index is 11.7. The Morgan fingerprint density at radius 3 is 2.50 bits per heavy atom. The van der Waals surface area contributed by atoms with Crippen molar-refractivity contribution in [3.8, 4) is 0 Å². The predicted octanol–water partition coefficient (Wildman–Crippen LogP) is 1.39. The lowest BCUT2D eigenvalue weighted by Crippen LogP contribution is -2.44. The van der Waals surface area contributed by atoms with Crippen molar-refractivity contribution in [1.82, 2.24) is 10.2 Å². The molecule has 0 bridgehead atoms. The van der Waals surface area contributed by atoms with Gasteiger partial charge >= 0.3 is 0 Å². The van der Waals surface area contributed by atoms with Gasteiger partial charge in [0.1, 0.15) is 0 Å². The van der Waals surface area contributed by atoms with E-state index in [1.54, 1.807) is 0 Å². The summed E-state index contributed by atoms with van der Waals surface area (Å²) in [6, 6.07) is 0.509. The minimum atomic E-state index is 0.252. The number of nitrogens with one attached hydrogen (secondary N) is 1. The van der Waals surface area contributed by atoms with E-state index < -0.39 is 0 Å². The number of likely N-dealkylation sites (N-methyl/N-ethyl adjacent to an activating group) is 2. The molecule has 1 fully saturated rings. The van der Waals surface area contributed by atoms with Crippen LogP contribution in [0.4, 0.5) is 0 Å². The number of nitrogens with zero attached hydrogens (tertiary/aromatic N) is 1. The first kappa shape index (κ1) is 11.5. The lowest BCUT2D eigenvalue weighted by atomic mass is 9.94. The minimum absolute atomic E-state index is 0.252. The van der Waals surface area contributed by atoms with Crippen LogP contribution in [0.5, 0.6) is 0 Å². The van der Waals surface area contributed by atoms with E-state index in [1.807, 2.05) is 11.9 Å². The monoisotopic (exact) mass is 198 g/mol. The molecule has 1 aliphatic carbocycles. The van der Waals surface area contributed by atoms with Crippen molar-refractivity contribution in [2.24, 2.45) is 0 Å². The van der Waals surface area contributed by atoms with Gasteiger partial charge in [-0.1, -0.05) is 19.3 Å². The normalized spacial score (nSPS) is 18.1. The second-order valence-corrected chi connectivity index (χ2v) is 4.00. The molecule has 0 saturated heterocycles. The molecule has 0 atom stereocenters. The molecular formula is C11H22N2O. The van der Waals surface area contributed by atoms with Crippen LogP contribution in [-0.4, -0.2) is 37.0 Å². The highest BCUT2D eigenvalue weighted by atomic mass is 16.2. The first-order valence-corrected chi connectivity index (χ1v) is 5.73. The zero-order valence-electron chi connectivity index (χ0n) is 9.38. The van der Waals surface area contributed by atoms with Crippen LogP contribution in [0, 0.1) is 0 Å². The van der Waals surface area contributed by atoms with Crippen LogP contribution in [0.2, 0.25) is 0 Å². The lowest BCUT2D eigenvalue weighted by Gasteiger charge is -2.33. The van der Waals surface area contributed by atoms with Crippen LogP contribution in [0.15, 0.2) is 0 Å². The fourth-order valence-electron chi connectivity index (χ4n) is 2.28. The largest absolute Gasteiger partial charge is 0.339 e. The van der Waals surface area contributed by atoms with Crippen molar-refractivity contribution < 1.29 is 4.79 Å². The molecule has 82 valence electrons. The van der Waals surface area contributed by atoms with Gasteiger partial charge in [-0.3, -0.25) is 4.79 Å². The van der Waals surface area contributed by atoms with Gasteiger partial charge in [0.15, 0.2) is 0 Å². The van der Waals surface area contributed by atoms with Gasteiger partial charge in [-0.25, -0.2) is 0 Å². The van der Waals surface area contributed by atoms with E-state index in [9.17, 15) is 4.79 Å². The van der Waals surface area contributed by atoms with Gasteiger partial charge in [-0.15, -0.1) is 0 Å². The highest BCUT2D eigenvalue weighted by molar-refractivity contribution is 5.78. The standard InChI is InChI=1S/C11H22N2O/c1-3-13(11(14)9-12-2)10-7-5-4-6-8-10/h10,12H,3-9H2,1-2H3. The molecule has 1 amide bonds. The molecule has 0 aromatic rings. The van der Waals surface area contributed by atoms with Gasteiger partial charge in [-0.05, 0) is 26.8 Å². The van der Waals surface area contributed by atoms with Crippen LogP contribution in [0.3, 0.4) is 0 Å². The first-order chi connectivity index (χ1) is 6.79. The number of hydrogen-bond acceptors (Lipinski definition) is 2. The van der Waals surface area contributed by atoms with Crippen LogP contribution in [0.1, 0.15) is 39.0 Å². The van der Waals surface area contributed by atoms with Crippen molar-refractivity contribution >= 4 is 5.91 Å². The van der Waals surface area contributed by atoms with Crippen LogP contribution in [0.25, 0.3) is 0 Å². The van der Waals surface area contributed by atoms with Crippen molar-refractivity contribution in [2.45, 2.75) is 45.1 Å². The Balaban J connectivity index is 2.46. The summed E-state index contributed by atoms with van der Waals surface area (Å²) in [7, 11) is 1.83. The highest BCUT2D eigenvalue weighted by Gasteiger charge is 2.23. The summed E-state index contributed by atoms with van der Waals surface area (Å²) >= 11 is 0. The highest BCUT2D eigenvalue weighted by Crippen LogP contribution is 2.22. The molecule has 0 heterocycles. The molecule has 0 spiro atoms. The zero-order chi connectivity index (χ0) is 10.4. The van der Waals surface area contributed by atoms with Gasteiger partial charge in [0.2, 0.25) is 5.91 Å². The summed E-state index contributed by atoms with van der Waals surface area (Å²) in [5.41, 5.74) is 0. The van der Waals surface area contributed by atoms with Crippen molar-refractivity contribution in [1.29, 1.82) is 0 Å². The molecule has 0 unspecified atom stereocenters. The first-order valence-electron chi connectivity index (χ1n) is 5.73. The summed E-state index contributed by atoms with van der Waals surface area (Å²) in [5.74, 6) is 0.252. The number of carbonyl (C=O) groups is 1. The van der Waals surface area contributed by atoms with Gasteiger partial charge in [-0.2, -0.15) is 0 Å². The van der Waals surface area contributed by atoms with E-state index >= 15 is 0 Å². The molecule has 1 N–H and O–H groups in total. The van der Waals surface area contributed by atoms with Crippen LogP contribution >= 0.6 is 0 Å². The second-order valence-electron chi connectivity index (χ2n) is 4.00. The van der Waals surface area contributed by atoms with E-state index in [0.717, 1.165) is 6.54 Å².